The van der Waals surface area contributed by atoms with Gasteiger partial charge in [-0.3, -0.25) is 19.5 Å². The van der Waals surface area contributed by atoms with Gasteiger partial charge in [0.25, 0.3) is 5.91 Å². The minimum Gasteiger partial charge on any atom is -0.444 e. The zero-order chi connectivity index (χ0) is 26.1. The quantitative estimate of drug-likeness (QED) is 0.279. The number of benzene rings is 1. The van der Waals surface area contributed by atoms with Crippen LogP contribution < -0.4 is 11.2 Å². The molecule has 3 rings (SSSR count). The van der Waals surface area contributed by atoms with Crippen LogP contribution in [-0.2, 0) is 20.9 Å². The molecule has 1 aromatic carbocycles. The van der Waals surface area contributed by atoms with E-state index < -0.39 is 23.8 Å². The van der Waals surface area contributed by atoms with Gasteiger partial charge < -0.3 is 10.1 Å². The van der Waals surface area contributed by atoms with Crippen molar-refractivity contribution in [2.45, 2.75) is 77.1 Å². The molecule has 1 aliphatic carbocycles. The molecule has 1 aromatic rings. The maximum absolute atomic E-state index is 13.3. The third-order valence-corrected chi connectivity index (χ3v) is 8.56. The minimum atomic E-state index is -0.772. The zero-order valence-corrected chi connectivity index (χ0v) is 23.2. The highest BCUT2D eigenvalue weighted by atomic mass is 32.2. The molecule has 10 heteroatoms. The summed E-state index contributed by atoms with van der Waals surface area (Å²) < 4.78 is 5.49. The maximum atomic E-state index is 13.3. The van der Waals surface area contributed by atoms with Gasteiger partial charge in [-0.15, -0.1) is 11.8 Å². The predicted molar refractivity (Wildman–Crippen MR) is 146 cm³/mol. The summed E-state index contributed by atoms with van der Waals surface area (Å²) in [4.78, 5) is 40.7. The number of hydrazine groups is 1. The number of carbonyl (C=O) groups is 3. The Morgan fingerprint density at radius 3 is 2.56 bits per heavy atom. The maximum Gasteiger partial charge on any atom is 0.411 e. The van der Waals surface area contributed by atoms with Crippen molar-refractivity contribution in [2.75, 3.05) is 23.1 Å². The Morgan fingerprint density at radius 1 is 1.19 bits per heavy atom. The highest BCUT2D eigenvalue weighted by Crippen LogP contribution is 2.27. The topological polar surface area (TPSA) is 105 Å². The minimum absolute atomic E-state index is 0.253. The number of amides is 3. The van der Waals surface area contributed by atoms with Crippen molar-refractivity contribution in [1.29, 1.82) is 0 Å². The second-order valence-electron chi connectivity index (χ2n) is 10.5. The lowest BCUT2D eigenvalue weighted by Gasteiger charge is -2.29. The Hall–Kier alpha value is -1.91. The van der Waals surface area contributed by atoms with Gasteiger partial charge in [0.15, 0.2) is 0 Å². The van der Waals surface area contributed by atoms with E-state index in [2.05, 4.69) is 5.32 Å². The summed E-state index contributed by atoms with van der Waals surface area (Å²) in [5, 5.41) is 4.09. The molecule has 36 heavy (non-hydrogen) atoms. The van der Waals surface area contributed by atoms with Gasteiger partial charge in [-0.05, 0) is 50.8 Å². The van der Waals surface area contributed by atoms with E-state index in [1.54, 1.807) is 32.5 Å². The van der Waals surface area contributed by atoms with Gasteiger partial charge in [-0.25, -0.2) is 10.6 Å². The fraction of sp³-hybridized carbons (Fsp3) is 0.654. The first kappa shape index (κ1) is 28.7. The summed E-state index contributed by atoms with van der Waals surface area (Å²) in [6.45, 7) is 5.64. The summed E-state index contributed by atoms with van der Waals surface area (Å²) in [5.41, 5.74) is 0.258. The smallest absolute Gasteiger partial charge is 0.411 e. The number of nitrogens with zero attached hydrogens (tertiary/aromatic N) is 2. The molecule has 0 bridgehead atoms. The molecule has 2 aliphatic rings. The van der Waals surface area contributed by atoms with Crippen LogP contribution >= 0.6 is 23.5 Å². The predicted octanol–water partition coefficient (Wildman–Crippen LogP) is 4.00. The molecular weight excluding hydrogens is 496 g/mol. The van der Waals surface area contributed by atoms with Crippen molar-refractivity contribution in [1.82, 2.24) is 15.2 Å². The fourth-order valence-electron chi connectivity index (χ4n) is 4.37. The summed E-state index contributed by atoms with van der Waals surface area (Å²) >= 11 is 3.18. The number of rotatable bonds is 9. The number of hydrogen-bond acceptors (Lipinski definition) is 7. The average molecular weight is 537 g/mol. The highest BCUT2D eigenvalue weighted by Gasteiger charge is 2.39. The standard InChI is InChI=1S/C26H40N4O4S2/c1-26(2,3)34-25(33)29-18-36-17-22(29)23(31)28-21(16-35-15-20-12-8-5-9-13-20)24(32)30(27)14-19-10-6-4-7-11-19/h4,6-7,10-11,20-22H,5,8-9,12-18,27H2,1-3H3,(H,28,31). The molecule has 8 nitrogen and oxygen atoms in total. The first-order valence-corrected chi connectivity index (χ1v) is 15.0. The van der Waals surface area contributed by atoms with Gasteiger partial charge in [-0.2, -0.15) is 11.8 Å². The van der Waals surface area contributed by atoms with Gasteiger partial charge in [0.05, 0.1) is 12.4 Å². The van der Waals surface area contributed by atoms with Crippen molar-refractivity contribution < 1.29 is 19.1 Å². The van der Waals surface area contributed by atoms with Crippen LogP contribution in [0.4, 0.5) is 4.79 Å². The molecule has 0 radical (unpaired) electrons. The van der Waals surface area contributed by atoms with E-state index in [4.69, 9.17) is 10.6 Å². The molecule has 2 unspecified atom stereocenters. The Kier molecular flexibility index (Phi) is 10.8. The zero-order valence-electron chi connectivity index (χ0n) is 21.6. The lowest BCUT2D eigenvalue weighted by atomic mass is 9.91. The highest BCUT2D eigenvalue weighted by molar-refractivity contribution is 7.99. The lowest BCUT2D eigenvalue weighted by Crippen LogP contribution is -2.56. The summed E-state index contributed by atoms with van der Waals surface area (Å²) in [5.74, 6) is 8.38. The Labute approximate surface area is 223 Å². The fourth-order valence-corrected chi connectivity index (χ4v) is 6.77. The summed E-state index contributed by atoms with van der Waals surface area (Å²) in [7, 11) is 0. The van der Waals surface area contributed by atoms with E-state index in [-0.39, 0.29) is 18.4 Å². The van der Waals surface area contributed by atoms with Gasteiger partial charge in [0, 0.05) is 11.5 Å². The van der Waals surface area contributed by atoms with Crippen LogP contribution in [-0.4, -0.2) is 68.6 Å². The molecule has 2 atom stereocenters. The normalized spacial score (nSPS) is 19.6. The van der Waals surface area contributed by atoms with E-state index >= 15 is 0 Å². The first-order chi connectivity index (χ1) is 17.1. The van der Waals surface area contributed by atoms with Crippen LogP contribution in [0.1, 0.15) is 58.4 Å². The van der Waals surface area contributed by atoms with Crippen molar-refractivity contribution in [3.8, 4) is 0 Å². The molecule has 1 aliphatic heterocycles. The monoisotopic (exact) mass is 536 g/mol. The van der Waals surface area contributed by atoms with Crippen molar-refractivity contribution in [3.05, 3.63) is 35.9 Å². The Bertz CT molecular complexity index is 874. The number of hydrogen-bond donors (Lipinski definition) is 2. The third kappa shape index (κ3) is 8.88. The Morgan fingerprint density at radius 2 is 1.89 bits per heavy atom. The molecular formula is C26H40N4O4S2. The van der Waals surface area contributed by atoms with E-state index in [1.165, 1.54) is 53.8 Å². The SMILES string of the molecule is CC(C)(C)OC(=O)N1CSCC1C(=O)NC(CSCC1CCCCC1)C(=O)N(N)Cc1ccccc1. The van der Waals surface area contributed by atoms with E-state index in [0.717, 1.165) is 11.3 Å². The number of carbonyl (C=O) groups excluding carboxylic acids is 3. The largest absolute Gasteiger partial charge is 0.444 e. The van der Waals surface area contributed by atoms with Crippen LogP contribution in [0.25, 0.3) is 0 Å². The van der Waals surface area contributed by atoms with Crippen molar-refractivity contribution in [3.63, 3.8) is 0 Å². The van der Waals surface area contributed by atoms with E-state index in [0.29, 0.717) is 23.3 Å². The number of ether oxygens (including phenoxy) is 1. The van der Waals surface area contributed by atoms with Crippen LogP contribution in [0, 0.1) is 5.92 Å². The number of nitrogens with one attached hydrogen (secondary N) is 1. The van der Waals surface area contributed by atoms with Crippen LogP contribution in [0.2, 0.25) is 0 Å². The number of nitrogens with two attached hydrogens (primary N) is 1. The lowest BCUT2D eigenvalue weighted by molar-refractivity contribution is -0.137. The molecule has 0 spiro atoms. The van der Waals surface area contributed by atoms with Gasteiger partial charge in [0.1, 0.15) is 17.7 Å². The molecule has 2 fully saturated rings. The average Bonchev–Trinajstić information content (AvgIpc) is 3.34. The summed E-state index contributed by atoms with van der Waals surface area (Å²) in [6.07, 6.45) is 5.74. The third-order valence-electron chi connectivity index (χ3n) is 6.27. The van der Waals surface area contributed by atoms with Gasteiger partial charge in [-0.1, -0.05) is 49.6 Å². The molecule has 1 saturated heterocycles. The molecule has 3 N–H and O–H groups in total. The van der Waals surface area contributed by atoms with Crippen molar-refractivity contribution in [2.24, 2.45) is 11.8 Å². The molecule has 0 aromatic heterocycles. The van der Waals surface area contributed by atoms with E-state index in [9.17, 15) is 14.4 Å². The van der Waals surface area contributed by atoms with Crippen molar-refractivity contribution >= 4 is 41.4 Å². The van der Waals surface area contributed by atoms with Crippen LogP contribution in [0.3, 0.4) is 0 Å². The molecule has 1 saturated carbocycles. The van der Waals surface area contributed by atoms with Gasteiger partial charge >= 0.3 is 6.09 Å². The van der Waals surface area contributed by atoms with Gasteiger partial charge in [0.2, 0.25) is 5.91 Å². The molecule has 1 heterocycles. The second kappa shape index (κ2) is 13.6. The first-order valence-electron chi connectivity index (χ1n) is 12.7. The van der Waals surface area contributed by atoms with Crippen LogP contribution in [0.5, 0.6) is 0 Å². The second-order valence-corrected chi connectivity index (χ2v) is 12.6. The summed E-state index contributed by atoms with van der Waals surface area (Å²) in [6, 6.07) is 8.06. The van der Waals surface area contributed by atoms with E-state index in [1.807, 2.05) is 30.3 Å². The molecule has 3 amide bonds. The number of thioether (sulfide) groups is 2. The molecule has 200 valence electrons. The Balaban J connectivity index is 1.65. The van der Waals surface area contributed by atoms with Crippen LogP contribution in [0.15, 0.2) is 30.3 Å².